The maximum Gasteiger partial charge on any atom is 0.347 e. The van der Waals surface area contributed by atoms with E-state index in [-0.39, 0.29) is 0 Å². The standard InChI is InChI=1S/C23H31NO6P2/c1-18(2)6-4-7-19(3)9-10-20-11-13-21(14-12-20)22-8-5-15-24(16-22)17-23(31(25,26)27)32(28,29)30/h5-6,8-9,11-16,23H,4,7,10,17H2,1-3H3,(H3-,25,26,27,28,29,30)/p+1/b19-9+. The van der Waals surface area contributed by atoms with Crippen LogP contribution in [0.5, 0.6) is 0 Å². The fourth-order valence-corrected chi connectivity index (χ4v) is 5.59. The van der Waals surface area contributed by atoms with Crippen LogP contribution in [0.3, 0.4) is 0 Å². The van der Waals surface area contributed by atoms with Crippen LogP contribution >= 0.6 is 15.2 Å². The third-order valence-electron chi connectivity index (χ3n) is 5.07. The highest BCUT2D eigenvalue weighted by atomic mass is 31.2. The minimum atomic E-state index is -4.98. The maximum atomic E-state index is 11.6. The van der Waals surface area contributed by atoms with Gasteiger partial charge in [-0.25, -0.2) is 4.57 Å². The zero-order valence-electron chi connectivity index (χ0n) is 18.6. The van der Waals surface area contributed by atoms with Crippen LogP contribution in [0, 0.1) is 0 Å². The Bertz CT molecular complexity index is 1040. The van der Waals surface area contributed by atoms with E-state index in [0.29, 0.717) is 0 Å². The van der Waals surface area contributed by atoms with Gasteiger partial charge in [0.05, 0.1) is 0 Å². The van der Waals surface area contributed by atoms with Crippen molar-refractivity contribution in [2.45, 2.75) is 52.0 Å². The number of nitrogens with zero attached hydrogens (tertiary/aromatic N) is 1. The van der Waals surface area contributed by atoms with Gasteiger partial charge in [0.15, 0.2) is 18.9 Å². The zero-order chi connectivity index (χ0) is 23.9. The van der Waals surface area contributed by atoms with E-state index < -0.39 is 27.1 Å². The van der Waals surface area contributed by atoms with Crippen molar-refractivity contribution in [2.75, 3.05) is 0 Å². The van der Waals surface area contributed by atoms with Gasteiger partial charge in [-0.05, 0) is 57.2 Å². The van der Waals surface area contributed by atoms with Crippen molar-refractivity contribution in [3.8, 4) is 11.1 Å². The molecule has 0 spiro atoms. The molecule has 1 heterocycles. The summed E-state index contributed by atoms with van der Waals surface area (Å²) in [4.78, 5) is 37.4. The van der Waals surface area contributed by atoms with Gasteiger partial charge in [-0.2, -0.15) is 0 Å². The predicted octanol–water partition coefficient (Wildman–Crippen LogP) is 4.56. The summed E-state index contributed by atoms with van der Waals surface area (Å²) in [5.41, 5.74) is 5.52. The highest BCUT2D eigenvalue weighted by molar-refractivity contribution is 7.70. The second-order valence-electron chi connectivity index (χ2n) is 8.22. The molecule has 0 atom stereocenters. The molecule has 2 rings (SSSR count). The fourth-order valence-electron chi connectivity index (χ4n) is 3.22. The summed E-state index contributed by atoms with van der Waals surface area (Å²) in [6.07, 6.45) is 10.5. The topological polar surface area (TPSA) is 119 Å². The Morgan fingerprint density at radius 2 is 1.56 bits per heavy atom. The van der Waals surface area contributed by atoms with Crippen LogP contribution in [0.15, 0.2) is 72.1 Å². The van der Waals surface area contributed by atoms with E-state index in [9.17, 15) is 28.7 Å². The van der Waals surface area contributed by atoms with Crippen molar-refractivity contribution < 1.29 is 33.3 Å². The van der Waals surface area contributed by atoms with Gasteiger partial charge in [-0.1, -0.05) is 47.6 Å². The van der Waals surface area contributed by atoms with Crippen LogP contribution in [0.2, 0.25) is 0 Å². The molecule has 2 aromatic rings. The van der Waals surface area contributed by atoms with E-state index >= 15 is 0 Å². The minimum absolute atomic E-state index is 0.489. The SMILES string of the molecule is CC(C)=CCC/C(C)=C/Cc1ccc(-c2ccc[n+](CC(P(=O)(O)O)P(=O)(O)O)c2)cc1. The zero-order valence-corrected chi connectivity index (χ0v) is 20.4. The highest BCUT2D eigenvalue weighted by Gasteiger charge is 2.46. The van der Waals surface area contributed by atoms with Crippen LogP contribution in [0.4, 0.5) is 0 Å². The van der Waals surface area contributed by atoms with Gasteiger partial charge in [-0.3, -0.25) is 9.13 Å². The molecule has 0 aliphatic rings. The molecule has 174 valence electrons. The van der Waals surface area contributed by atoms with E-state index in [1.807, 2.05) is 30.3 Å². The van der Waals surface area contributed by atoms with E-state index in [1.54, 1.807) is 12.3 Å². The smallest absolute Gasteiger partial charge is 0.324 e. The second kappa shape index (κ2) is 11.3. The Labute approximate surface area is 189 Å². The molecule has 4 N–H and O–H groups in total. The molecular weight excluding hydrogens is 448 g/mol. The van der Waals surface area contributed by atoms with Crippen LogP contribution in [-0.4, -0.2) is 25.0 Å². The molecule has 9 heteroatoms. The molecule has 0 aliphatic carbocycles. The highest BCUT2D eigenvalue weighted by Crippen LogP contribution is 2.59. The van der Waals surface area contributed by atoms with Crippen molar-refractivity contribution >= 4 is 15.2 Å². The Balaban J connectivity index is 2.11. The second-order valence-corrected chi connectivity index (χ2v) is 12.2. The normalized spacial score (nSPS) is 12.8. The number of allylic oxidation sites excluding steroid dienone is 4. The minimum Gasteiger partial charge on any atom is -0.324 e. The molecule has 0 radical (unpaired) electrons. The lowest BCUT2D eigenvalue weighted by Crippen LogP contribution is -2.39. The summed E-state index contributed by atoms with van der Waals surface area (Å²) < 4.78 is 24.5. The molecule has 1 aromatic carbocycles. The Morgan fingerprint density at radius 3 is 2.12 bits per heavy atom. The molecular formula is C23H32NO6P2+. The maximum absolute atomic E-state index is 11.6. The van der Waals surface area contributed by atoms with Gasteiger partial charge in [-0.15, -0.1) is 0 Å². The Kier molecular flexibility index (Phi) is 9.35. The first-order valence-electron chi connectivity index (χ1n) is 10.3. The first-order valence-corrected chi connectivity index (χ1v) is 13.7. The van der Waals surface area contributed by atoms with Crippen molar-refractivity contribution in [3.63, 3.8) is 0 Å². The Hall–Kier alpha value is -1.85. The van der Waals surface area contributed by atoms with Gasteiger partial charge in [0, 0.05) is 11.6 Å². The number of hydrogen-bond donors (Lipinski definition) is 4. The number of benzene rings is 1. The molecule has 0 fully saturated rings. The van der Waals surface area contributed by atoms with Gasteiger partial charge < -0.3 is 19.6 Å². The van der Waals surface area contributed by atoms with Crippen molar-refractivity contribution in [1.29, 1.82) is 0 Å². The summed E-state index contributed by atoms with van der Waals surface area (Å²) in [7, 11) is -9.95. The van der Waals surface area contributed by atoms with Crippen LogP contribution in [-0.2, 0) is 22.1 Å². The molecule has 1 aromatic heterocycles. The summed E-state index contributed by atoms with van der Waals surface area (Å²) >= 11 is 0. The predicted molar refractivity (Wildman–Crippen MR) is 126 cm³/mol. The number of rotatable bonds is 10. The fraction of sp³-hybridized carbons (Fsp3) is 0.348. The third-order valence-corrected chi connectivity index (χ3v) is 8.76. The van der Waals surface area contributed by atoms with E-state index in [1.165, 1.54) is 27.5 Å². The number of aromatic nitrogens is 1. The van der Waals surface area contributed by atoms with Gasteiger partial charge in [0.1, 0.15) is 0 Å². The largest absolute Gasteiger partial charge is 0.347 e. The number of pyridine rings is 1. The lowest BCUT2D eigenvalue weighted by molar-refractivity contribution is -0.694. The van der Waals surface area contributed by atoms with Crippen molar-refractivity contribution in [2.24, 2.45) is 0 Å². The number of hydrogen-bond acceptors (Lipinski definition) is 2. The lowest BCUT2D eigenvalue weighted by Gasteiger charge is -2.16. The van der Waals surface area contributed by atoms with Crippen molar-refractivity contribution in [3.05, 3.63) is 77.7 Å². The van der Waals surface area contributed by atoms with Crippen LogP contribution < -0.4 is 4.57 Å². The first kappa shape index (κ1) is 26.4. The van der Waals surface area contributed by atoms with E-state index in [0.717, 1.165) is 30.4 Å². The molecule has 0 saturated heterocycles. The summed E-state index contributed by atoms with van der Waals surface area (Å²) in [5, 5.41) is -2.08. The molecule has 0 unspecified atom stereocenters. The van der Waals surface area contributed by atoms with Gasteiger partial charge in [0.2, 0.25) is 5.40 Å². The molecule has 7 nitrogen and oxygen atoms in total. The van der Waals surface area contributed by atoms with E-state index in [2.05, 4.69) is 32.9 Å². The molecule has 0 amide bonds. The van der Waals surface area contributed by atoms with Crippen LogP contribution in [0.25, 0.3) is 11.1 Å². The Morgan fingerprint density at radius 1 is 0.938 bits per heavy atom. The average molecular weight is 480 g/mol. The molecule has 0 aliphatic heterocycles. The van der Waals surface area contributed by atoms with Crippen LogP contribution in [0.1, 0.15) is 39.2 Å². The first-order chi connectivity index (χ1) is 14.9. The van der Waals surface area contributed by atoms with Gasteiger partial charge in [0.25, 0.3) is 0 Å². The van der Waals surface area contributed by atoms with E-state index in [4.69, 9.17) is 0 Å². The monoisotopic (exact) mass is 480 g/mol. The summed E-state index contributed by atoms with van der Waals surface area (Å²) in [6.45, 7) is 5.85. The van der Waals surface area contributed by atoms with Crippen molar-refractivity contribution in [1.82, 2.24) is 0 Å². The summed E-state index contributed by atoms with van der Waals surface area (Å²) in [6, 6.07) is 11.5. The molecule has 0 saturated carbocycles. The third kappa shape index (κ3) is 8.59. The lowest BCUT2D eigenvalue weighted by atomic mass is 10.0. The quantitative estimate of drug-likeness (QED) is 0.225. The van der Waals surface area contributed by atoms with Gasteiger partial charge >= 0.3 is 15.2 Å². The summed E-state index contributed by atoms with van der Waals surface area (Å²) in [5.74, 6) is 0. The average Bonchev–Trinajstić information content (AvgIpc) is 2.69. The molecule has 32 heavy (non-hydrogen) atoms. The molecule has 0 bridgehead atoms.